The third-order valence-corrected chi connectivity index (χ3v) is 5.70. The Labute approximate surface area is 192 Å². The molecule has 3 rings (SSSR count). The number of nitrogens with zero attached hydrogens (tertiary/aromatic N) is 2. The van der Waals surface area contributed by atoms with E-state index in [9.17, 15) is 9.59 Å². The molecule has 1 unspecified atom stereocenters. The van der Waals surface area contributed by atoms with E-state index in [4.69, 9.17) is 16.3 Å². The number of rotatable bonds is 5. The van der Waals surface area contributed by atoms with Crippen LogP contribution < -0.4 is 5.32 Å². The third kappa shape index (κ3) is 5.52. The number of thioether (sulfide) groups is 1. The molecule has 0 radical (unpaired) electrons. The number of carbonyl (C=O) groups is 2. The molecule has 0 fully saturated rings. The highest BCUT2D eigenvalue weighted by molar-refractivity contribution is 8.16. The molecule has 1 atom stereocenters. The molecule has 0 spiro atoms. The van der Waals surface area contributed by atoms with E-state index < -0.39 is 17.6 Å². The number of nitrogens with one attached hydrogen (secondary N) is 1. The number of allylic oxidation sites excluding steroid dienone is 1. The van der Waals surface area contributed by atoms with Gasteiger partial charge >= 0.3 is 5.97 Å². The highest BCUT2D eigenvalue weighted by atomic mass is 35.5. The lowest BCUT2D eigenvalue weighted by molar-refractivity contribution is -0.150. The van der Waals surface area contributed by atoms with Crippen molar-refractivity contribution in [2.45, 2.75) is 65.6 Å². The van der Waals surface area contributed by atoms with Gasteiger partial charge in [-0.2, -0.15) is 0 Å². The van der Waals surface area contributed by atoms with E-state index in [1.54, 1.807) is 6.07 Å². The number of fused-ring (bicyclic) bond motifs is 1. The van der Waals surface area contributed by atoms with Crippen molar-refractivity contribution in [3.63, 3.8) is 0 Å². The number of amidine groups is 1. The van der Waals surface area contributed by atoms with Gasteiger partial charge in [-0.1, -0.05) is 35.5 Å². The molecule has 0 aliphatic carbocycles. The van der Waals surface area contributed by atoms with Crippen LogP contribution in [-0.4, -0.2) is 33.6 Å². The van der Waals surface area contributed by atoms with Gasteiger partial charge in [-0.05, 0) is 64.6 Å². The zero-order chi connectivity index (χ0) is 22.9. The van der Waals surface area contributed by atoms with Crippen LogP contribution in [0.25, 0.3) is 0 Å². The number of hydrogen-bond acceptors (Lipinski definition) is 6. The van der Waals surface area contributed by atoms with E-state index in [1.807, 2.05) is 70.0 Å². The van der Waals surface area contributed by atoms with E-state index in [1.165, 1.54) is 11.8 Å². The van der Waals surface area contributed by atoms with E-state index in [0.29, 0.717) is 16.3 Å². The summed E-state index contributed by atoms with van der Waals surface area (Å²) >= 11 is 7.73. The molecule has 1 aromatic carbocycles. The first-order valence-corrected chi connectivity index (χ1v) is 11.4. The quantitative estimate of drug-likeness (QED) is 0.612. The molecule has 31 heavy (non-hydrogen) atoms. The Morgan fingerprint density at radius 1 is 1.32 bits per heavy atom. The number of ether oxygens (including phenoxy) is 1. The van der Waals surface area contributed by atoms with Crippen molar-refractivity contribution >= 4 is 40.4 Å². The van der Waals surface area contributed by atoms with Crippen LogP contribution in [0.2, 0.25) is 5.02 Å². The van der Waals surface area contributed by atoms with Crippen LogP contribution in [-0.2, 0) is 14.3 Å². The van der Waals surface area contributed by atoms with Gasteiger partial charge in [0.2, 0.25) is 5.91 Å². The van der Waals surface area contributed by atoms with Gasteiger partial charge in [0.1, 0.15) is 5.60 Å². The Morgan fingerprint density at radius 3 is 2.65 bits per heavy atom. The summed E-state index contributed by atoms with van der Waals surface area (Å²) in [6.07, 6.45) is 0.182. The van der Waals surface area contributed by atoms with Crippen LogP contribution in [0.4, 0.5) is 0 Å². The Balaban J connectivity index is 2.05. The lowest BCUT2D eigenvalue weighted by atomic mass is 9.93. The van der Waals surface area contributed by atoms with E-state index in [2.05, 4.69) is 10.3 Å². The van der Waals surface area contributed by atoms with Crippen molar-refractivity contribution in [1.29, 1.82) is 0 Å². The second kappa shape index (κ2) is 9.09. The fraction of sp³-hybridized carbons (Fsp3) is 0.435. The summed E-state index contributed by atoms with van der Waals surface area (Å²) in [5.74, 6) is -0.515. The van der Waals surface area contributed by atoms with E-state index in [0.717, 1.165) is 16.4 Å². The van der Waals surface area contributed by atoms with Gasteiger partial charge in [-0.15, -0.1) is 0 Å². The molecule has 0 aromatic heterocycles. The fourth-order valence-electron chi connectivity index (χ4n) is 3.49. The number of esters is 1. The first-order valence-electron chi connectivity index (χ1n) is 10.2. The van der Waals surface area contributed by atoms with Gasteiger partial charge in [0.05, 0.1) is 23.7 Å². The molecule has 0 bridgehead atoms. The smallest absolute Gasteiger partial charge is 0.338 e. The van der Waals surface area contributed by atoms with Gasteiger partial charge in [-0.25, -0.2) is 9.79 Å². The molecular formula is C23H28ClN3O3S. The summed E-state index contributed by atoms with van der Waals surface area (Å²) in [4.78, 5) is 32.3. The van der Waals surface area contributed by atoms with Gasteiger partial charge in [0.15, 0.2) is 5.17 Å². The zero-order valence-corrected chi connectivity index (χ0v) is 20.2. The van der Waals surface area contributed by atoms with Crippen LogP contribution in [0.3, 0.4) is 0 Å². The molecule has 0 saturated heterocycles. The summed E-state index contributed by atoms with van der Waals surface area (Å²) in [6, 6.07) is 6.95. The molecule has 2 heterocycles. The number of aliphatic imine (C=N–C) groups is 1. The number of amides is 1. The van der Waals surface area contributed by atoms with Gasteiger partial charge < -0.3 is 15.0 Å². The van der Waals surface area contributed by atoms with Crippen molar-refractivity contribution < 1.29 is 14.3 Å². The molecular weight excluding hydrogens is 434 g/mol. The molecule has 6 nitrogen and oxygen atoms in total. The van der Waals surface area contributed by atoms with Crippen molar-refractivity contribution in [3.05, 3.63) is 57.2 Å². The maximum absolute atomic E-state index is 13.2. The minimum atomic E-state index is -0.650. The summed E-state index contributed by atoms with van der Waals surface area (Å²) in [5, 5.41) is 6.13. The van der Waals surface area contributed by atoms with E-state index >= 15 is 0 Å². The SMILES string of the molecule is CC1=C(C(=O)OC(C)(C)C)C(c2cccc(Cl)c2)N2C(CC(=O)NC(C)C)=CSC2=N1. The van der Waals surface area contributed by atoms with E-state index in [-0.39, 0.29) is 18.4 Å². The van der Waals surface area contributed by atoms with Crippen molar-refractivity contribution in [1.82, 2.24) is 10.2 Å². The Morgan fingerprint density at radius 2 is 2.03 bits per heavy atom. The summed E-state index contributed by atoms with van der Waals surface area (Å²) in [5.41, 5.74) is 2.00. The van der Waals surface area contributed by atoms with Crippen LogP contribution in [0.1, 0.15) is 59.6 Å². The number of halogens is 1. The molecule has 1 amide bonds. The van der Waals surface area contributed by atoms with Crippen LogP contribution in [0.5, 0.6) is 0 Å². The van der Waals surface area contributed by atoms with Gasteiger partial charge in [0.25, 0.3) is 0 Å². The second-order valence-electron chi connectivity index (χ2n) is 8.85. The van der Waals surface area contributed by atoms with Crippen molar-refractivity contribution in [2.75, 3.05) is 0 Å². The summed E-state index contributed by atoms with van der Waals surface area (Å²) in [6.45, 7) is 11.2. The average Bonchev–Trinajstić information content (AvgIpc) is 3.00. The average molecular weight is 462 g/mol. The van der Waals surface area contributed by atoms with Crippen molar-refractivity contribution in [3.8, 4) is 0 Å². The first kappa shape index (κ1) is 23.4. The lowest BCUT2D eigenvalue weighted by Gasteiger charge is -2.37. The van der Waals surface area contributed by atoms with Crippen LogP contribution >= 0.6 is 23.4 Å². The number of hydrogen-bond donors (Lipinski definition) is 1. The Hall–Kier alpha value is -2.25. The molecule has 2 aliphatic rings. The molecule has 1 aromatic rings. The Kier molecular flexibility index (Phi) is 6.86. The second-order valence-corrected chi connectivity index (χ2v) is 10.1. The minimum Gasteiger partial charge on any atom is -0.456 e. The molecule has 2 aliphatic heterocycles. The van der Waals surface area contributed by atoms with Gasteiger partial charge in [0, 0.05) is 16.8 Å². The standard InChI is InChI=1S/C23H28ClN3O3S/c1-13(2)25-18(28)11-17-12-31-22-26-14(3)19(21(29)30-23(4,5)6)20(27(17)22)15-8-7-9-16(24)10-15/h7-10,12-13,20H,11H2,1-6H3,(H,25,28). The monoisotopic (exact) mass is 461 g/mol. The lowest BCUT2D eigenvalue weighted by Crippen LogP contribution is -2.39. The third-order valence-electron chi connectivity index (χ3n) is 4.58. The molecule has 8 heteroatoms. The normalized spacial score (nSPS) is 18.6. The predicted molar refractivity (Wildman–Crippen MR) is 126 cm³/mol. The minimum absolute atomic E-state index is 0.0415. The topological polar surface area (TPSA) is 71.0 Å². The maximum Gasteiger partial charge on any atom is 0.338 e. The highest BCUT2D eigenvalue weighted by Crippen LogP contribution is 2.45. The highest BCUT2D eigenvalue weighted by Gasteiger charge is 2.41. The fourth-order valence-corrected chi connectivity index (χ4v) is 4.66. The van der Waals surface area contributed by atoms with Gasteiger partial charge in [-0.3, -0.25) is 4.79 Å². The summed E-state index contributed by atoms with van der Waals surface area (Å²) in [7, 11) is 0. The Bertz CT molecular complexity index is 992. The van der Waals surface area contributed by atoms with Crippen LogP contribution in [0.15, 0.2) is 51.6 Å². The summed E-state index contributed by atoms with van der Waals surface area (Å²) < 4.78 is 5.72. The molecule has 1 N–H and O–H groups in total. The first-order chi connectivity index (χ1) is 14.5. The predicted octanol–water partition coefficient (Wildman–Crippen LogP) is 5.17. The maximum atomic E-state index is 13.2. The van der Waals surface area contributed by atoms with Crippen molar-refractivity contribution in [2.24, 2.45) is 4.99 Å². The molecule has 166 valence electrons. The number of carbonyl (C=O) groups excluding carboxylic acids is 2. The number of benzene rings is 1. The van der Waals surface area contributed by atoms with Crippen LogP contribution in [0, 0.1) is 0 Å². The zero-order valence-electron chi connectivity index (χ0n) is 18.7. The largest absolute Gasteiger partial charge is 0.456 e. The molecule has 0 saturated carbocycles.